The molecule has 0 fully saturated rings. The fourth-order valence-corrected chi connectivity index (χ4v) is 2.41. The fraction of sp³-hybridized carbons (Fsp3) is 0.500. The van der Waals surface area contributed by atoms with Crippen LogP contribution in [0.4, 0.5) is 0 Å². The first kappa shape index (κ1) is 17.4. The van der Waals surface area contributed by atoms with Crippen LogP contribution in [-0.4, -0.2) is 13.6 Å². The van der Waals surface area contributed by atoms with Crippen molar-refractivity contribution in [1.29, 1.82) is 0 Å². The molecule has 3 heteroatoms. The van der Waals surface area contributed by atoms with Gasteiger partial charge in [0, 0.05) is 21.1 Å². The standard InChI is InChI=1S/C8H16Si.H2O.Pt/c1-6-9(4,5)7-8(2)3;;/h6-7H,1H2,2-5H3;1H2;. The molecule has 0 heterocycles. The Balaban J connectivity index is -0.000000320. The van der Waals surface area contributed by atoms with Gasteiger partial charge in [-0.15, -0.1) is 6.58 Å². The van der Waals surface area contributed by atoms with E-state index in [1.54, 1.807) is 0 Å². The molecule has 2 N–H and O–H groups in total. The predicted molar refractivity (Wildman–Crippen MR) is 50.7 cm³/mol. The van der Waals surface area contributed by atoms with Gasteiger partial charge in [-0.3, -0.25) is 0 Å². The third kappa shape index (κ3) is 10.3. The molecule has 0 unspecified atom stereocenters. The maximum absolute atomic E-state index is 3.80. The molecular formula is C8H18OPtSi. The largest absolute Gasteiger partial charge is 0.412 e. The van der Waals surface area contributed by atoms with E-state index in [0.717, 1.165) is 0 Å². The average molecular weight is 353 g/mol. The summed E-state index contributed by atoms with van der Waals surface area (Å²) in [7, 11) is -1.14. The van der Waals surface area contributed by atoms with Crippen molar-refractivity contribution in [2.75, 3.05) is 0 Å². The zero-order chi connectivity index (χ0) is 7.49. The molecule has 0 aliphatic heterocycles. The predicted octanol–water partition coefficient (Wildman–Crippen LogP) is 2.10. The van der Waals surface area contributed by atoms with E-state index in [9.17, 15) is 0 Å². The van der Waals surface area contributed by atoms with Gasteiger partial charge in [-0.1, -0.05) is 30.1 Å². The van der Waals surface area contributed by atoms with Crippen LogP contribution in [0.25, 0.3) is 0 Å². The summed E-state index contributed by atoms with van der Waals surface area (Å²) in [5.74, 6) is 0. The monoisotopic (exact) mass is 353 g/mol. The van der Waals surface area contributed by atoms with Crippen molar-refractivity contribution in [3.8, 4) is 0 Å². The molecule has 0 aliphatic rings. The van der Waals surface area contributed by atoms with E-state index in [1.807, 2.05) is 0 Å². The van der Waals surface area contributed by atoms with Crippen LogP contribution in [0.15, 0.2) is 23.6 Å². The average Bonchev–Trinajstić information content (AvgIpc) is 1.63. The zero-order valence-electron chi connectivity index (χ0n) is 7.68. The van der Waals surface area contributed by atoms with Crippen LogP contribution in [-0.2, 0) is 21.1 Å². The van der Waals surface area contributed by atoms with Gasteiger partial charge in [0.15, 0.2) is 0 Å². The molecule has 0 spiro atoms. The van der Waals surface area contributed by atoms with E-state index in [2.05, 4.69) is 44.9 Å². The minimum atomic E-state index is -1.14. The van der Waals surface area contributed by atoms with E-state index < -0.39 is 8.07 Å². The Morgan fingerprint density at radius 1 is 1.27 bits per heavy atom. The van der Waals surface area contributed by atoms with E-state index in [-0.39, 0.29) is 26.5 Å². The number of hydrogen-bond donors (Lipinski definition) is 0. The third-order valence-corrected chi connectivity index (χ3v) is 3.56. The van der Waals surface area contributed by atoms with Crippen LogP contribution in [0, 0.1) is 0 Å². The van der Waals surface area contributed by atoms with Crippen LogP contribution in [0.1, 0.15) is 13.8 Å². The Morgan fingerprint density at radius 3 is 1.73 bits per heavy atom. The summed E-state index contributed by atoms with van der Waals surface area (Å²) < 4.78 is 0. The summed E-state index contributed by atoms with van der Waals surface area (Å²) in [4.78, 5) is 0. The molecule has 0 saturated carbocycles. The molecule has 0 radical (unpaired) electrons. The van der Waals surface area contributed by atoms with Crippen molar-refractivity contribution in [2.24, 2.45) is 0 Å². The van der Waals surface area contributed by atoms with Crippen molar-refractivity contribution in [1.82, 2.24) is 0 Å². The van der Waals surface area contributed by atoms with Gasteiger partial charge in [-0.2, -0.15) is 0 Å². The van der Waals surface area contributed by atoms with Crippen molar-refractivity contribution in [2.45, 2.75) is 26.9 Å². The smallest absolute Gasteiger partial charge is 0.0947 e. The summed E-state index contributed by atoms with van der Waals surface area (Å²) >= 11 is 0. The number of hydrogen-bond acceptors (Lipinski definition) is 0. The third-order valence-electron chi connectivity index (χ3n) is 1.19. The summed E-state index contributed by atoms with van der Waals surface area (Å²) in [5.41, 5.74) is 5.85. The van der Waals surface area contributed by atoms with Crippen molar-refractivity contribution in [3.63, 3.8) is 0 Å². The Kier molecular flexibility index (Phi) is 11.1. The van der Waals surface area contributed by atoms with Crippen LogP contribution < -0.4 is 0 Å². The van der Waals surface area contributed by atoms with Gasteiger partial charge in [-0.05, 0) is 13.8 Å². The van der Waals surface area contributed by atoms with Crippen LogP contribution in [0.3, 0.4) is 0 Å². The summed E-state index contributed by atoms with van der Waals surface area (Å²) in [6.45, 7) is 12.6. The minimum absolute atomic E-state index is 0. The van der Waals surface area contributed by atoms with Gasteiger partial charge in [0.25, 0.3) is 0 Å². The van der Waals surface area contributed by atoms with E-state index in [4.69, 9.17) is 0 Å². The van der Waals surface area contributed by atoms with Crippen molar-refractivity contribution >= 4 is 8.07 Å². The van der Waals surface area contributed by atoms with E-state index in [0.29, 0.717) is 0 Å². The van der Waals surface area contributed by atoms with Gasteiger partial charge >= 0.3 is 0 Å². The van der Waals surface area contributed by atoms with Gasteiger partial charge in [0.05, 0.1) is 8.07 Å². The molecule has 0 amide bonds. The fourth-order valence-electron chi connectivity index (χ4n) is 0.803. The Morgan fingerprint density at radius 2 is 1.64 bits per heavy atom. The van der Waals surface area contributed by atoms with E-state index in [1.165, 1.54) is 5.57 Å². The molecule has 0 bridgehead atoms. The normalized spacial score (nSPS) is 8.73. The van der Waals surface area contributed by atoms with Crippen molar-refractivity contribution in [3.05, 3.63) is 23.6 Å². The molecule has 70 valence electrons. The second-order valence-electron chi connectivity index (χ2n) is 3.25. The minimum Gasteiger partial charge on any atom is -0.412 e. The van der Waals surface area contributed by atoms with Gasteiger partial charge < -0.3 is 5.48 Å². The second-order valence-corrected chi connectivity index (χ2v) is 7.59. The first-order chi connectivity index (χ1) is 3.98. The molecule has 0 rings (SSSR count). The van der Waals surface area contributed by atoms with Crippen LogP contribution in [0.5, 0.6) is 0 Å². The summed E-state index contributed by atoms with van der Waals surface area (Å²) in [5, 5.41) is 0. The second kappa shape index (κ2) is 7.02. The Bertz CT molecular complexity index is 137. The molecule has 0 saturated heterocycles. The molecule has 11 heavy (non-hydrogen) atoms. The summed E-state index contributed by atoms with van der Waals surface area (Å²) in [6, 6.07) is 0. The molecule has 0 aliphatic carbocycles. The molecule has 1 nitrogen and oxygen atoms in total. The Hall–Kier alpha value is 0.345. The topological polar surface area (TPSA) is 31.5 Å². The molecule has 0 aromatic carbocycles. The van der Waals surface area contributed by atoms with Crippen molar-refractivity contribution < 1.29 is 26.5 Å². The summed E-state index contributed by atoms with van der Waals surface area (Å²) in [6.07, 6.45) is 0. The molecule has 0 atom stereocenters. The first-order valence-corrected chi connectivity index (χ1v) is 6.43. The number of allylic oxidation sites excluding steroid dienone is 1. The van der Waals surface area contributed by atoms with Gasteiger partial charge in [0.1, 0.15) is 0 Å². The Labute approximate surface area is 85.2 Å². The van der Waals surface area contributed by atoms with Gasteiger partial charge in [0.2, 0.25) is 0 Å². The molecule has 0 aromatic heterocycles. The number of rotatable bonds is 2. The maximum Gasteiger partial charge on any atom is 0.0947 e. The SMILES string of the molecule is C=C[Si](C)(C)C=C(C)C.O.[Pt]. The van der Waals surface area contributed by atoms with Gasteiger partial charge in [-0.25, -0.2) is 0 Å². The van der Waals surface area contributed by atoms with Crippen LogP contribution >= 0.6 is 0 Å². The molecular weight excluding hydrogens is 335 g/mol. The quantitative estimate of drug-likeness (QED) is 0.681. The molecule has 0 aromatic rings. The van der Waals surface area contributed by atoms with Crippen LogP contribution in [0.2, 0.25) is 13.1 Å². The maximum atomic E-state index is 3.80. The first-order valence-electron chi connectivity index (χ1n) is 3.27. The zero-order valence-corrected chi connectivity index (χ0v) is 11.0. The van der Waals surface area contributed by atoms with E-state index >= 15 is 0 Å².